The van der Waals surface area contributed by atoms with E-state index >= 15 is 0 Å². The molecular formula is C27H32ClF3O10. The molecule has 10 nitrogen and oxygen atoms in total. The number of carbonyl (C=O) groups is 1. The Morgan fingerprint density at radius 2 is 1.76 bits per heavy atom. The summed E-state index contributed by atoms with van der Waals surface area (Å²) >= 11 is 6.91. The van der Waals surface area contributed by atoms with Gasteiger partial charge in [0.15, 0.2) is 5.60 Å². The molecule has 8 unspecified atom stereocenters. The molecule has 0 aromatic heterocycles. The van der Waals surface area contributed by atoms with Gasteiger partial charge in [0.25, 0.3) is 5.79 Å². The molecule has 228 valence electrons. The van der Waals surface area contributed by atoms with E-state index in [9.17, 15) is 33.3 Å². The van der Waals surface area contributed by atoms with Gasteiger partial charge in [0, 0.05) is 10.4 Å². The number of aliphatic carboxylic acids is 1. The van der Waals surface area contributed by atoms with Crippen molar-refractivity contribution >= 4 is 17.6 Å². The topological polar surface area (TPSA) is 144 Å². The van der Waals surface area contributed by atoms with Gasteiger partial charge in [-0.2, -0.15) is 18.1 Å². The van der Waals surface area contributed by atoms with Crippen molar-refractivity contribution in [3.05, 3.63) is 29.3 Å². The Balaban J connectivity index is 1.35. The number of carboxylic acid groups (broad SMARTS) is 1. The number of alkyl halides is 4. The van der Waals surface area contributed by atoms with Crippen molar-refractivity contribution in [1.82, 2.24) is 0 Å². The van der Waals surface area contributed by atoms with Crippen LogP contribution in [0.25, 0.3) is 0 Å². The number of ether oxygens (including phenoxy) is 3. The van der Waals surface area contributed by atoms with E-state index in [0.717, 1.165) is 6.42 Å². The van der Waals surface area contributed by atoms with E-state index in [1.54, 1.807) is 19.1 Å². The first kappa shape index (κ1) is 29.4. The van der Waals surface area contributed by atoms with Crippen molar-refractivity contribution in [1.29, 1.82) is 0 Å². The van der Waals surface area contributed by atoms with Gasteiger partial charge in [0.05, 0.1) is 6.42 Å². The van der Waals surface area contributed by atoms with Gasteiger partial charge in [0.2, 0.25) is 6.29 Å². The zero-order chi connectivity index (χ0) is 29.5. The molecule has 0 radical (unpaired) electrons. The first-order chi connectivity index (χ1) is 19.2. The smallest absolute Gasteiger partial charge is 0.411 e. The SMILES string of the molecule is Cc1ccc(C2(OCC(F)(F)F)OOC23C2CC4CC3CC(Cl)(C4)C2)cc1OC1OC(CC(=O)O)C(O)C(O)C1O. The summed E-state index contributed by atoms with van der Waals surface area (Å²) in [4.78, 5) is 22.2. The summed E-state index contributed by atoms with van der Waals surface area (Å²) in [7, 11) is 0. The van der Waals surface area contributed by atoms with Gasteiger partial charge in [0.1, 0.15) is 36.8 Å². The highest BCUT2D eigenvalue weighted by Gasteiger charge is 2.78. The lowest BCUT2D eigenvalue weighted by atomic mass is 9.46. The van der Waals surface area contributed by atoms with Gasteiger partial charge in [-0.25, -0.2) is 4.89 Å². The summed E-state index contributed by atoms with van der Waals surface area (Å²) in [5, 5.41) is 40.1. The molecule has 8 atom stereocenters. The molecule has 6 fully saturated rings. The average molecular weight is 609 g/mol. The quantitative estimate of drug-likeness (QED) is 0.269. The van der Waals surface area contributed by atoms with Crippen LogP contribution in [0.1, 0.15) is 49.7 Å². The number of halogens is 4. The maximum absolute atomic E-state index is 13.5. The van der Waals surface area contributed by atoms with Crippen LogP contribution in [0.5, 0.6) is 5.75 Å². The first-order valence-electron chi connectivity index (χ1n) is 13.6. The fourth-order valence-electron chi connectivity index (χ4n) is 7.85. The second-order valence-corrected chi connectivity index (χ2v) is 13.0. The zero-order valence-corrected chi connectivity index (χ0v) is 22.8. The normalized spacial score (nSPS) is 45.1. The summed E-state index contributed by atoms with van der Waals surface area (Å²) in [6, 6.07) is 4.55. The molecule has 1 spiro atoms. The Kier molecular flexibility index (Phi) is 7.10. The standard InChI is InChI=1S/C27H32ClF3O10/c1-12-2-3-14(6-17(12)38-23-22(36)21(35)20(34)18(39-23)7-19(32)33)27(37-11-25(29,30)31)26(40-41-27)15-4-13-5-16(26)10-24(28,8-13)9-15/h2-3,6,13,15-16,18,20-23,34-36H,4-5,7-11H2,1H3,(H,32,33). The minimum absolute atomic E-state index is 0.0579. The number of hydrogen-bond donors (Lipinski definition) is 4. The third kappa shape index (κ3) is 4.73. The number of rotatable bonds is 7. The number of hydrogen-bond acceptors (Lipinski definition) is 9. The van der Waals surface area contributed by atoms with Gasteiger partial charge in [-0.15, -0.1) is 11.6 Å². The summed E-state index contributed by atoms with van der Waals surface area (Å²) < 4.78 is 57.6. The molecule has 7 rings (SSSR count). The van der Waals surface area contributed by atoms with Gasteiger partial charge in [-0.05, 0) is 68.4 Å². The minimum atomic E-state index is -4.66. The second-order valence-electron chi connectivity index (χ2n) is 12.2. The Morgan fingerprint density at radius 1 is 1.07 bits per heavy atom. The van der Waals surface area contributed by atoms with E-state index in [1.165, 1.54) is 6.07 Å². The fourth-order valence-corrected chi connectivity index (χ4v) is 8.44. The van der Waals surface area contributed by atoms with Crippen LogP contribution in [0.3, 0.4) is 0 Å². The van der Waals surface area contributed by atoms with E-state index in [1.807, 2.05) is 0 Å². The highest BCUT2D eigenvalue weighted by atomic mass is 35.5. The molecule has 41 heavy (non-hydrogen) atoms. The molecular weight excluding hydrogens is 577 g/mol. The molecule has 4 bridgehead atoms. The Morgan fingerprint density at radius 3 is 2.32 bits per heavy atom. The minimum Gasteiger partial charge on any atom is -0.481 e. The molecule has 6 aliphatic rings. The number of aliphatic hydroxyl groups is 3. The number of aryl methyl sites for hydroxylation is 1. The second kappa shape index (κ2) is 9.91. The van der Waals surface area contributed by atoms with Crippen LogP contribution in [0.4, 0.5) is 13.2 Å². The summed E-state index contributed by atoms with van der Waals surface area (Å²) in [6.45, 7) is 0.0497. The molecule has 0 amide bonds. The van der Waals surface area contributed by atoms with Crippen LogP contribution in [-0.2, 0) is 29.8 Å². The molecule has 4 N–H and O–H groups in total. The molecule has 2 saturated heterocycles. The number of benzene rings is 1. The highest BCUT2D eigenvalue weighted by Crippen LogP contribution is 2.71. The molecule has 1 aromatic rings. The molecule has 4 saturated carbocycles. The molecule has 2 heterocycles. The van der Waals surface area contributed by atoms with E-state index in [2.05, 4.69) is 0 Å². The lowest BCUT2D eigenvalue weighted by molar-refractivity contribution is -0.650. The molecule has 1 aromatic carbocycles. The zero-order valence-electron chi connectivity index (χ0n) is 22.1. The third-order valence-corrected chi connectivity index (χ3v) is 9.90. The summed E-state index contributed by atoms with van der Waals surface area (Å²) in [5.74, 6) is -3.27. The number of aliphatic hydroxyl groups excluding tert-OH is 3. The average Bonchev–Trinajstić information content (AvgIpc) is 2.85. The lowest BCUT2D eigenvalue weighted by Gasteiger charge is -2.70. The van der Waals surface area contributed by atoms with Crippen molar-refractivity contribution in [2.24, 2.45) is 17.8 Å². The Labute approximate surface area is 238 Å². The van der Waals surface area contributed by atoms with Crippen LogP contribution in [-0.4, -0.2) is 80.4 Å². The van der Waals surface area contributed by atoms with Gasteiger partial charge in [-0.1, -0.05) is 12.1 Å². The predicted octanol–water partition coefficient (Wildman–Crippen LogP) is 2.91. The Hall–Kier alpha value is -1.71. The largest absolute Gasteiger partial charge is 0.481 e. The monoisotopic (exact) mass is 608 g/mol. The van der Waals surface area contributed by atoms with Gasteiger partial charge < -0.3 is 34.6 Å². The van der Waals surface area contributed by atoms with Crippen LogP contribution in [0, 0.1) is 24.7 Å². The van der Waals surface area contributed by atoms with E-state index < -0.39 is 72.1 Å². The van der Waals surface area contributed by atoms with Gasteiger partial charge >= 0.3 is 12.1 Å². The Bertz CT molecular complexity index is 1180. The summed E-state index contributed by atoms with van der Waals surface area (Å²) in [6.07, 6.45) is -10.1. The van der Waals surface area contributed by atoms with Crippen LogP contribution in [0.2, 0.25) is 0 Å². The molecule has 14 heteroatoms. The lowest BCUT2D eigenvalue weighted by Crippen LogP contribution is -2.78. The molecule has 4 aliphatic carbocycles. The van der Waals surface area contributed by atoms with Crippen molar-refractivity contribution in [2.45, 2.75) is 98.6 Å². The number of carboxylic acids is 1. The maximum atomic E-state index is 13.5. The van der Waals surface area contributed by atoms with E-state index in [0.29, 0.717) is 37.2 Å². The third-order valence-electron chi connectivity index (χ3n) is 9.43. The van der Waals surface area contributed by atoms with Crippen LogP contribution in [0.15, 0.2) is 18.2 Å². The fraction of sp³-hybridized carbons (Fsp3) is 0.741. The first-order valence-corrected chi connectivity index (χ1v) is 14.0. The van der Waals surface area contributed by atoms with Crippen molar-refractivity contribution < 1.29 is 62.4 Å². The van der Waals surface area contributed by atoms with Crippen LogP contribution < -0.4 is 4.74 Å². The highest BCUT2D eigenvalue weighted by molar-refractivity contribution is 6.24. The van der Waals surface area contributed by atoms with Crippen molar-refractivity contribution in [3.8, 4) is 5.75 Å². The van der Waals surface area contributed by atoms with Gasteiger partial charge in [-0.3, -0.25) is 4.79 Å². The van der Waals surface area contributed by atoms with E-state index in [-0.39, 0.29) is 23.1 Å². The van der Waals surface area contributed by atoms with Crippen molar-refractivity contribution in [2.75, 3.05) is 6.61 Å². The van der Waals surface area contributed by atoms with Crippen molar-refractivity contribution in [3.63, 3.8) is 0 Å². The predicted molar refractivity (Wildman–Crippen MR) is 131 cm³/mol. The summed E-state index contributed by atoms with van der Waals surface area (Å²) in [5.41, 5.74) is -0.531. The van der Waals surface area contributed by atoms with E-state index in [4.69, 9.17) is 40.7 Å². The molecule has 2 aliphatic heterocycles. The maximum Gasteiger partial charge on any atom is 0.411 e. The van der Waals surface area contributed by atoms with Crippen LogP contribution >= 0.6 is 11.6 Å².